The van der Waals surface area contributed by atoms with Crippen LogP contribution in [0, 0.1) is 20.8 Å². The van der Waals surface area contributed by atoms with E-state index < -0.39 is 0 Å². The van der Waals surface area contributed by atoms with Crippen molar-refractivity contribution >= 4 is 5.69 Å². The molecule has 0 fully saturated rings. The normalized spacial score (nSPS) is 10.4. The monoisotopic (exact) mass is 240 g/mol. The standard InChI is InChI=1S/C16H20N2/c1-12-7-8-13(2)16(14(12)3)18(4)11-15-6-5-9-17-10-15/h5-10H,11H2,1-4H3. The number of aromatic nitrogens is 1. The van der Waals surface area contributed by atoms with Crippen LogP contribution in [0.2, 0.25) is 0 Å². The van der Waals surface area contributed by atoms with Gasteiger partial charge in [0.1, 0.15) is 0 Å². The fourth-order valence-corrected chi connectivity index (χ4v) is 2.37. The second kappa shape index (κ2) is 5.21. The van der Waals surface area contributed by atoms with E-state index in [4.69, 9.17) is 0 Å². The first-order valence-corrected chi connectivity index (χ1v) is 6.26. The Hall–Kier alpha value is -1.83. The van der Waals surface area contributed by atoms with E-state index in [2.05, 4.69) is 55.9 Å². The van der Waals surface area contributed by atoms with E-state index in [1.807, 2.05) is 18.5 Å². The highest BCUT2D eigenvalue weighted by Gasteiger charge is 2.10. The molecular weight excluding hydrogens is 220 g/mol. The molecule has 1 heterocycles. The molecule has 94 valence electrons. The average Bonchev–Trinajstić information content (AvgIpc) is 2.36. The van der Waals surface area contributed by atoms with Gasteiger partial charge in [0.05, 0.1) is 0 Å². The molecule has 2 heteroatoms. The van der Waals surface area contributed by atoms with Crippen molar-refractivity contribution < 1.29 is 0 Å². The lowest BCUT2D eigenvalue weighted by atomic mass is 10.0. The van der Waals surface area contributed by atoms with E-state index in [1.54, 1.807) is 0 Å². The van der Waals surface area contributed by atoms with Crippen molar-refractivity contribution in [3.8, 4) is 0 Å². The van der Waals surface area contributed by atoms with Crippen LogP contribution >= 0.6 is 0 Å². The largest absolute Gasteiger partial charge is 0.370 e. The van der Waals surface area contributed by atoms with E-state index in [9.17, 15) is 0 Å². The second-order valence-electron chi connectivity index (χ2n) is 4.89. The predicted molar refractivity (Wildman–Crippen MR) is 77.0 cm³/mol. The Morgan fingerprint density at radius 3 is 2.44 bits per heavy atom. The third-order valence-electron chi connectivity index (χ3n) is 3.43. The van der Waals surface area contributed by atoms with Crippen molar-refractivity contribution in [2.24, 2.45) is 0 Å². The smallest absolute Gasteiger partial charge is 0.0441 e. The van der Waals surface area contributed by atoms with Gasteiger partial charge < -0.3 is 4.90 Å². The van der Waals surface area contributed by atoms with Crippen molar-refractivity contribution in [2.45, 2.75) is 27.3 Å². The lowest BCUT2D eigenvalue weighted by Crippen LogP contribution is -2.19. The Labute approximate surface area is 109 Å². The van der Waals surface area contributed by atoms with Crippen LogP contribution in [0.25, 0.3) is 0 Å². The SMILES string of the molecule is Cc1ccc(C)c(N(C)Cc2cccnc2)c1C. The van der Waals surface area contributed by atoms with Crippen LogP contribution in [-0.4, -0.2) is 12.0 Å². The molecule has 0 aliphatic carbocycles. The molecule has 0 saturated heterocycles. The zero-order valence-electron chi connectivity index (χ0n) is 11.6. The molecule has 0 radical (unpaired) electrons. The minimum absolute atomic E-state index is 0.888. The quantitative estimate of drug-likeness (QED) is 0.814. The highest BCUT2D eigenvalue weighted by Crippen LogP contribution is 2.27. The maximum Gasteiger partial charge on any atom is 0.0441 e. The van der Waals surface area contributed by atoms with Crippen LogP contribution in [0.3, 0.4) is 0 Å². The average molecular weight is 240 g/mol. The van der Waals surface area contributed by atoms with Gasteiger partial charge in [0.25, 0.3) is 0 Å². The summed E-state index contributed by atoms with van der Waals surface area (Å²) in [7, 11) is 2.14. The Morgan fingerprint density at radius 2 is 1.78 bits per heavy atom. The van der Waals surface area contributed by atoms with E-state index >= 15 is 0 Å². The van der Waals surface area contributed by atoms with Crippen LogP contribution in [0.15, 0.2) is 36.7 Å². The summed E-state index contributed by atoms with van der Waals surface area (Å²) in [5.41, 5.74) is 6.60. The lowest BCUT2D eigenvalue weighted by Gasteiger charge is -2.24. The number of anilines is 1. The zero-order valence-corrected chi connectivity index (χ0v) is 11.6. The Kier molecular flexibility index (Phi) is 3.66. The second-order valence-corrected chi connectivity index (χ2v) is 4.89. The maximum atomic E-state index is 4.17. The van der Waals surface area contributed by atoms with Gasteiger partial charge in [-0.2, -0.15) is 0 Å². The van der Waals surface area contributed by atoms with Gasteiger partial charge >= 0.3 is 0 Å². The lowest BCUT2D eigenvalue weighted by molar-refractivity contribution is 0.902. The molecule has 0 atom stereocenters. The van der Waals surface area contributed by atoms with Crippen LogP contribution in [0.5, 0.6) is 0 Å². The molecule has 0 amide bonds. The molecule has 0 aliphatic heterocycles. The molecule has 0 N–H and O–H groups in total. The number of pyridine rings is 1. The minimum Gasteiger partial charge on any atom is -0.370 e. The van der Waals surface area contributed by atoms with Gasteiger partial charge in [-0.3, -0.25) is 4.98 Å². The number of nitrogens with zero attached hydrogens (tertiary/aromatic N) is 2. The topological polar surface area (TPSA) is 16.1 Å². The van der Waals surface area contributed by atoms with Gasteiger partial charge in [-0.15, -0.1) is 0 Å². The molecular formula is C16H20N2. The Balaban J connectivity index is 2.29. The molecule has 0 spiro atoms. The fraction of sp³-hybridized carbons (Fsp3) is 0.312. The molecule has 0 aliphatic rings. The van der Waals surface area contributed by atoms with Gasteiger partial charge in [0.2, 0.25) is 0 Å². The zero-order chi connectivity index (χ0) is 13.1. The first-order valence-electron chi connectivity index (χ1n) is 6.26. The summed E-state index contributed by atoms with van der Waals surface area (Å²) in [6.45, 7) is 7.41. The molecule has 18 heavy (non-hydrogen) atoms. The summed E-state index contributed by atoms with van der Waals surface area (Å²) >= 11 is 0. The highest BCUT2D eigenvalue weighted by atomic mass is 15.1. The van der Waals surface area contributed by atoms with E-state index in [0.29, 0.717) is 0 Å². The summed E-state index contributed by atoms with van der Waals surface area (Å²) in [5.74, 6) is 0. The number of hydrogen-bond donors (Lipinski definition) is 0. The summed E-state index contributed by atoms with van der Waals surface area (Å²) in [5, 5.41) is 0. The summed E-state index contributed by atoms with van der Waals surface area (Å²) in [6.07, 6.45) is 3.74. The Bertz CT molecular complexity index is 532. The highest BCUT2D eigenvalue weighted by molar-refractivity contribution is 5.61. The molecule has 2 aromatic rings. The van der Waals surface area contributed by atoms with Crippen molar-refractivity contribution in [3.63, 3.8) is 0 Å². The maximum absolute atomic E-state index is 4.17. The Morgan fingerprint density at radius 1 is 1.06 bits per heavy atom. The summed E-state index contributed by atoms with van der Waals surface area (Å²) in [6, 6.07) is 8.48. The predicted octanol–water partition coefficient (Wildman–Crippen LogP) is 3.64. The molecule has 2 rings (SSSR count). The van der Waals surface area contributed by atoms with Crippen molar-refractivity contribution in [3.05, 3.63) is 58.9 Å². The first-order chi connectivity index (χ1) is 8.59. The summed E-state index contributed by atoms with van der Waals surface area (Å²) < 4.78 is 0. The molecule has 1 aromatic heterocycles. The summed E-state index contributed by atoms with van der Waals surface area (Å²) in [4.78, 5) is 6.47. The fourth-order valence-electron chi connectivity index (χ4n) is 2.37. The van der Waals surface area contributed by atoms with Crippen LogP contribution in [0.1, 0.15) is 22.3 Å². The van der Waals surface area contributed by atoms with Gasteiger partial charge in [-0.25, -0.2) is 0 Å². The van der Waals surface area contributed by atoms with Gasteiger partial charge in [0, 0.05) is 31.7 Å². The molecule has 1 aromatic carbocycles. The molecule has 2 nitrogen and oxygen atoms in total. The van der Waals surface area contributed by atoms with Crippen molar-refractivity contribution in [1.29, 1.82) is 0 Å². The van der Waals surface area contributed by atoms with Gasteiger partial charge in [-0.1, -0.05) is 18.2 Å². The van der Waals surface area contributed by atoms with Gasteiger partial charge in [-0.05, 0) is 49.1 Å². The molecule has 0 bridgehead atoms. The van der Waals surface area contributed by atoms with Crippen LogP contribution in [0.4, 0.5) is 5.69 Å². The third-order valence-corrected chi connectivity index (χ3v) is 3.43. The first kappa shape index (κ1) is 12.6. The number of benzene rings is 1. The van der Waals surface area contributed by atoms with E-state index in [1.165, 1.54) is 27.9 Å². The van der Waals surface area contributed by atoms with E-state index in [-0.39, 0.29) is 0 Å². The number of rotatable bonds is 3. The van der Waals surface area contributed by atoms with Crippen LogP contribution in [-0.2, 0) is 6.54 Å². The van der Waals surface area contributed by atoms with Crippen LogP contribution < -0.4 is 4.90 Å². The molecule has 0 unspecified atom stereocenters. The van der Waals surface area contributed by atoms with Crippen molar-refractivity contribution in [2.75, 3.05) is 11.9 Å². The number of hydrogen-bond acceptors (Lipinski definition) is 2. The van der Waals surface area contributed by atoms with Crippen molar-refractivity contribution in [1.82, 2.24) is 4.98 Å². The number of aryl methyl sites for hydroxylation is 2. The molecule has 0 saturated carbocycles. The van der Waals surface area contributed by atoms with E-state index in [0.717, 1.165) is 6.54 Å². The third kappa shape index (κ3) is 2.53. The minimum atomic E-state index is 0.888. The van der Waals surface area contributed by atoms with Gasteiger partial charge in [0.15, 0.2) is 0 Å².